The minimum Gasteiger partial charge on any atom is -0.497 e. The number of nitrogens with one attached hydrogen (secondary N) is 1. The van der Waals surface area contributed by atoms with E-state index in [4.69, 9.17) is 21.4 Å². The van der Waals surface area contributed by atoms with Crippen LogP contribution in [0.4, 0.5) is 0 Å². The Morgan fingerprint density at radius 1 is 1.05 bits per heavy atom. The third-order valence-corrected chi connectivity index (χ3v) is 7.12. The SMILES string of the molecule is COc1ccc(-c2cc3n(n2)C[C@@](C)(C(=O)NCc2ccccc2)N(Cc2ccccc2Cl)C3=O)cc1. The minimum absolute atomic E-state index is 0.191. The number of amides is 2. The summed E-state index contributed by atoms with van der Waals surface area (Å²) in [5.74, 6) is 0.192. The van der Waals surface area contributed by atoms with Crippen LogP contribution in [0.1, 0.15) is 28.5 Å². The second kappa shape index (κ2) is 10.1. The van der Waals surface area contributed by atoms with Crippen LogP contribution in [0.5, 0.6) is 5.75 Å². The van der Waals surface area contributed by atoms with Crippen molar-refractivity contribution in [2.45, 2.75) is 32.1 Å². The third kappa shape index (κ3) is 4.82. The quantitative estimate of drug-likeness (QED) is 0.379. The van der Waals surface area contributed by atoms with Gasteiger partial charge in [-0.2, -0.15) is 5.10 Å². The van der Waals surface area contributed by atoms with E-state index in [9.17, 15) is 9.59 Å². The van der Waals surface area contributed by atoms with Gasteiger partial charge in [0.05, 0.1) is 19.3 Å². The lowest BCUT2D eigenvalue weighted by Gasteiger charge is -2.43. The summed E-state index contributed by atoms with van der Waals surface area (Å²) < 4.78 is 6.88. The lowest BCUT2D eigenvalue weighted by molar-refractivity contribution is -0.133. The van der Waals surface area contributed by atoms with Gasteiger partial charge in [-0.25, -0.2) is 0 Å². The summed E-state index contributed by atoms with van der Waals surface area (Å²) in [4.78, 5) is 29.2. The Morgan fingerprint density at radius 3 is 2.46 bits per heavy atom. The maximum atomic E-state index is 13.9. The molecule has 0 aliphatic carbocycles. The number of aromatic nitrogens is 2. The van der Waals surface area contributed by atoms with Gasteiger partial charge in [0.15, 0.2) is 0 Å². The number of hydrogen-bond donors (Lipinski definition) is 1. The molecule has 4 aromatic rings. The topological polar surface area (TPSA) is 76.5 Å². The molecule has 0 unspecified atom stereocenters. The van der Waals surface area contributed by atoms with Crippen LogP contribution in [0.15, 0.2) is 84.9 Å². The summed E-state index contributed by atoms with van der Waals surface area (Å²) >= 11 is 6.45. The van der Waals surface area contributed by atoms with Crippen LogP contribution in [0.25, 0.3) is 11.3 Å². The zero-order chi connectivity index (χ0) is 26.0. The molecule has 188 valence electrons. The van der Waals surface area contributed by atoms with E-state index in [1.54, 1.807) is 35.7 Å². The Morgan fingerprint density at radius 2 is 1.76 bits per heavy atom. The number of halogens is 1. The number of rotatable bonds is 7. The van der Waals surface area contributed by atoms with Crippen LogP contribution in [-0.2, 0) is 24.4 Å². The number of fused-ring (bicyclic) bond motifs is 1. The average molecular weight is 515 g/mol. The van der Waals surface area contributed by atoms with Gasteiger partial charge in [-0.15, -0.1) is 0 Å². The Hall–Kier alpha value is -4.10. The molecule has 7 nitrogen and oxygen atoms in total. The fourth-order valence-corrected chi connectivity index (χ4v) is 4.75. The van der Waals surface area contributed by atoms with Gasteiger partial charge in [-0.3, -0.25) is 14.3 Å². The largest absolute Gasteiger partial charge is 0.497 e. The minimum atomic E-state index is -1.19. The first-order valence-electron chi connectivity index (χ1n) is 12.0. The Labute approximate surface area is 220 Å². The van der Waals surface area contributed by atoms with Crippen molar-refractivity contribution >= 4 is 23.4 Å². The van der Waals surface area contributed by atoms with Gasteiger partial charge in [0.25, 0.3) is 5.91 Å². The molecule has 1 aromatic heterocycles. The molecule has 0 bridgehead atoms. The Kier molecular flexibility index (Phi) is 6.72. The fraction of sp³-hybridized carbons (Fsp3) is 0.207. The van der Waals surface area contributed by atoms with Crippen molar-refractivity contribution < 1.29 is 14.3 Å². The van der Waals surface area contributed by atoms with Crippen molar-refractivity contribution in [3.8, 4) is 17.0 Å². The number of ether oxygens (including phenoxy) is 1. The molecule has 37 heavy (non-hydrogen) atoms. The van der Waals surface area contributed by atoms with Gasteiger partial charge in [0, 0.05) is 23.7 Å². The van der Waals surface area contributed by atoms with Crippen LogP contribution < -0.4 is 10.1 Å². The van der Waals surface area contributed by atoms with E-state index in [2.05, 4.69) is 5.32 Å². The van der Waals surface area contributed by atoms with Gasteiger partial charge in [0.1, 0.15) is 17.0 Å². The monoisotopic (exact) mass is 514 g/mol. The van der Waals surface area contributed by atoms with Crippen molar-refractivity contribution in [3.63, 3.8) is 0 Å². The first-order chi connectivity index (χ1) is 17.9. The number of benzene rings is 3. The summed E-state index contributed by atoms with van der Waals surface area (Å²) in [5, 5.41) is 8.27. The van der Waals surface area contributed by atoms with Crippen molar-refractivity contribution in [1.29, 1.82) is 0 Å². The van der Waals surface area contributed by atoms with E-state index in [0.29, 0.717) is 23.0 Å². The molecule has 3 aromatic carbocycles. The lowest BCUT2D eigenvalue weighted by Crippen LogP contribution is -2.63. The molecule has 0 fully saturated rings. The Balaban J connectivity index is 1.50. The van der Waals surface area contributed by atoms with Crippen LogP contribution >= 0.6 is 11.6 Å². The van der Waals surface area contributed by atoms with Crippen molar-refractivity contribution in [2.75, 3.05) is 7.11 Å². The zero-order valence-electron chi connectivity index (χ0n) is 20.6. The second-order valence-corrected chi connectivity index (χ2v) is 9.63. The summed E-state index contributed by atoms with van der Waals surface area (Å²) in [6.07, 6.45) is 0. The number of nitrogens with zero attached hydrogens (tertiary/aromatic N) is 3. The highest BCUT2D eigenvalue weighted by Gasteiger charge is 2.48. The predicted octanol–water partition coefficient (Wildman–Crippen LogP) is 4.94. The van der Waals surface area contributed by atoms with Gasteiger partial charge < -0.3 is 15.0 Å². The second-order valence-electron chi connectivity index (χ2n) is 9.23. The van der Waals surface area contributed by atoms with E-state index in [1.165, 1.54) is 0 Å². The third-order valence-electron chi connectivity index (χ3n) is 6.75. The zero-order valence-corrected chi connectivity index (χ0v) is 21.4. The molecule has 0 saturated carbocycles. The molecule has 0 saturated heterocycles. The predicted molar refractivity (Wildman–Crippen MR) is 142 cm³/mol. The highest BCUT2D eigenvalue weighted by molar-refractivity contribution is 6.31. The van der Waals surface area contributed by atoms with E-state index in [-0.39, 0.29) is 24.9 Å². The van der Waals surface area contributed by atoms with Crippen LogP contribution in [-0.4, -0.2) is 39.1 Å². The molecule has 1 atom stereocenters. The van der Waals surface area contributed by atoms with Gasteiger partial charge in [-0.05, 0) is 54.4 Å². The summed E-state index contributed by atoms with van der Waals surface area (Å²) in [7, 11) is 1.61. The van der Waals surface area contributed by atoms with Crippen LogP contribution in [0.3, 0.4) is 0 Å². The summed E-state index contributed by atoms with van der Waals surface area (Å²) in [5.41, 5.74) is 2.47. The number of carbonyl (C=O) groups excluding carboxylic acids is 2. The van der Waals surface area contributed by atoms with E-state index >= 15 is 0 Å². The Bertz CT molecular complexity index is 1440. The van der Waals surface area contributed by atoms with Gasteiger partial charge in [0.2, 0.25) is 5.91 Å². The average Bonchev–Trinajstić information content (AvgIpc) is 3.35. The molecule has 1 aliphatic rings. The van der Waals surface area contributed by atoms with E-state index in [0.717, 1.165) is 22.4 Å². The molecule has 8 heteroatoms. The van der Waals surface area contributed by atoms with Crippen molar-refractivity contribution in [1.82, 2.24) is 20.0 Å². The number of hydrogen-bond acceptors (Lipinski definition) is 4. The van der Waals surface area contributed by atoms with E-state index < -0.39 is 5.54 Å². The molecule has 5 rings (SSSR count). The van der Waals surface area contributed by atoms with Crippen LogP contribution in [0, 0.1) is 0 Å². The molecule has 2 heterocycles. The maximum absolute atomic E-state index is 13.9. The molecule has 1 aliphatic heterocycles. The van der Waals surface area contributed by atoms with E-state index in [1.807, 2.05) is 72.8 Å². The van der Waals surface area contributed by atoms with Gasteiger partial charge >= 0.3 is 0 Å². The summed E-state index contributed by atoms with van der Waals surface area (Å²) in [6.45, 7) is 2.53. The molecular weight excluding hydrogens is 488 g/mol. The normalized spacial score (nSPS) is 16.8. The number of carbonyl (C=O) groups is 2. The number of methoxy groups -OCH3 is 1. The summed E-state index contributed by atoms with van der Waals surface area (Å²) in [6, 6.07) is 26.3. The fourth-order valence-electron chi connectivity index (χ4n) is 4.56. The van der Waals surface area contributed by atoms with Crippen molar-refractivity contribution in [3.05, 3.63) is 107 Å². The van der Waals surface area contributed by atoms with Gasteiger partial charge in [-0.1, -0.05) is 60.1 Å². The molecular formula is C29H27ClN4O3. The molecule has 0 spiro atoms. The first-order valence-corrected chi connectivity index (χ1v) is 12.4. The standard InChI is InChI=1S/C29H27ClN4O3/c1-29(28(36)31-17-20-8-4-3-5-9-20)19-34-26(16-25(32-34)21-12-14-23(37-2)15-13-21)27(35)33(29)18-22-10-6-7-11-24(22)30/h3-16H,17-19H2,1-2H3,(H,31,36)/t29-/m0/s1. The molecule has 0 radical (unpaired) electrons. The van der Waals surface area contributed by atoms with Crippen LogP contribution in [0.2, 0.25) is 5.02 Å². The molecule has 1 N–H and O–H groups in total. The highest BCUT2D eigenvalue weighted by atomic mass is 35.5. The maximum Gasteiger partial charge on any atom is 0.273 e. The lowest BCUT2D eigenvalue weighted by atomic mass is 9.94. The highest BCUT2D eigenvalue weighted by Crippen LogP contribution is 2.33. The smallest absolute Gasteiger partial charge is 0.273 e. The van der Waals surface area contributed by atoms with Crippen molar-refractivity contribution in [2.24, 2.45) is 0 Å². The first kappa shape index (κ1) is 24.6. The molecule has 2 amide bonds.